The third-order valence-electron chi connectivity index (χ3n) is 10.5. The lowest BCUT2D eigenvalue weighted by molar-refractivity contribution is -0.436. The Balaban J connectivity index is 1.41. The van der Waals surface area contributed by atoms with Gasteiger partial charge in [0, 0.05) is 41.1 Å². The Kier molecular flexibility index (Phi) is 11.0. The van der Waals surface area contributed by atoms with Crippen LogP contribution < -0.4 is 14.4 Å². The van der Waals surface area contributed by atoms with Gasteiger partial charge in [-0.2, -0.15) is 4.58 Å². The molecule has 2 N–H and O–H groups in total. The van der Waals surface area contributed by atoms with E-state index in [1.165, 1.54) is 11.1 Å². The lowest BCUT2D eigenvalue weighted by atomic mass is 9.74. The van der Waals surface area contributed by atoms with Crippen LogP contribution in [0.1, 0.15) is 48.9 Å². The van der Waals surface area contributed by atoms with Crippen LogP contribution in [0, 0.1) is 0 Å². The quantitative estimate of drug-likeness (QED) is 0.0947. The van der Waals surface area contributed by atoms with Gasteiger partial charge in [0.2, 0.25) is 5.69 Å². The van der Waals surface area contributed by atoms with E-state index in [2.05, 4.69) is 71.9 Å². The Hall–Kier alpha value is -5.89. The number of carbonyl (C=O) groups is 2. The number of benzene rings is 4. The predicted octanol–water partition coefficient (Wildman–Crippen LogP) is 8.27. The fourth-order valence-corrected chi connectivity index (χ4v) is 7.95. The highest BCUT2D eigenvalue weighted by molar-refractivity contribution is 6.04. The summed E-state index contributed by atoms with van der Waals surface area (Å²) in [6.07, 6.45) is 11.6. The number of ether oxygens (including phenoxy) is 2. The molecule has 2 aliphatic heterocycles. The lowest BCUT2D eigenvalue weighted by Gasteiger charge is -2.30. The van der Waals surface area contributed by atoms with Gasteiger partial charge in [-0.05, 0) is 79.8 Å². The number of hydrogen-bond acceptors (Lipinski definition) is 5. The maximum Gasteiger partial charge on any atom is 0.309 e. The molecular weight excluding hydrogens is 665 g/mol. The molecule has 272 valence electrons. The molecule has 0 fully saturated rings. The summed E-state index contributed by atoms with van der Waals surface area (Å²) < 4.78 is 13.4. The number of carboxylic acid groups (broad SMARTS) is 2. The van der Waals surface area contributed by atoms with E-state index in [1.54, 1.807) is 14.2 Å². The summed E-state index contributed by atoms with van der Waals surface area (Å²) in [6.45, 7) is 5.07. The molecule has 2 atom stereocenters. The van der Waals surface area contributed by atoms with Crippen LogP contribution in [0.2, 0.25) is 0 Å². The minimum absolute atomic E-state index is 0.0102. The Morgan fingerprint density at radius 2 is 1.30 bits per heavy atom. The summed E-state index contributed by atoms with van der Waals surface area (Å²) in [5.41, 5.74) is 7.52. The fourth-order valence-electron chi connectivity index (χ4n) is 7.95. The second-order valence-corrected chi connectivity index (χ2v) is 14.0. The van der Waals surface area contributed by atoms with Gasteiger partial charge in [0.15, 0.2) is 12.3 Å². The number of fused-ring (bicyclic) bond motifs is 2. The fraction of sp³-hybridized carbons (Fsp3) is 0.267. The molecule has 2 heterocycles. The van der Waals surface area contributed by atoms with Crippen molar-refractivity contribution >= 4 is 29.0 Å². The Morgan fingerprint density at radius 1 is 0.717 bits per heavy atom. The Morgan fingerprint density at radius 3 is 1.91 bits per heavy atom. The minimum atomic E-state index is -0.854. The van der Waals surface area contributed by atoms with Crippen LogP contribution in [0.15, 0.2) is 133 Å². The molecule has 2 unspecified atom stereocenters. The van der Waals surface area contributed by atoms with Crippen molar-refractivity contribution in [3.05, 3.63) is 155 Å². The molecule has 0 spiro atoms. The topological polar surface area (TPSA) is 99.3 Å². The number of allylic oxidation sites excluding steroid dienone is 6. The Bertz CT molecular complexity index is 2100. The van der Waals surface area contributed by atoms with Crippen LogP contribution in [-0.2, 0) is 33.3 Å². The maximum absolute atomic E-state index is 11.8. The summed E-state index contributed by atoms with van der Waals surface area (Å²) in [7, 11) is 3.31. The molecule has 6 rings (SSSR count). The number of carboxylic acids is 2. The molecule has 0 aromatic heterocycles. The van der Waals surface area contributed by atoms with Gasteiger partial charge in [0.05, 0.1) is 26.1 Å². The zero-order valence-corrected chi connectivity index (χ0v) is 30.8. The Labute approximate surface area is 311 Å². The minimum Gasteiger partial charge on any atom is -0.497 e. The summed E-state index contributed by atoms with van der Waals surface area (Å²) in [6, 6.07) is 32.7. The monoisotopic (exact) mass is 711 g/mol. The third-order valence-corrected chi connectivity index (χ3v) is 10.5. The molecule has 53 heavy (non-hydrogen) atoms. The van der Waals surface area contributed by atoms with Gasteiger partial charge in [-0.25, -0.2) is 0 Å². The summed E-state index contributed by atoms with van der Waals surface area (Å²) in [5, 5.41) is 19.4. The molecule has 8 heteroatoms. The van der Waals surface area contributed by atoms with Gasteiger partial charge in [-0.1, -0.05) is 78.9 Å². The van der Waals surface area contributed by atoms with E-state index in [9.17, 15) is 19.8 Å². The second-order valence-electron chi connectivity index (χ2n) is 14.0. The highest BCUT2D eigenvalue weighted by Crippen LogP contribution is 2.51. The number of methoxy groups -OCH3 is 2. The molecule has 8 nitrogen and oxygen atoms in total. The van der Waals surface area contributed by atoms with Crippen LogP contribution in [0.25, 0.3) is 0 Å². The summed E-state index contributed by atoms with van der Waals surface area (Å²) in [5.74, 6) is -0.209. The normalized spacial score (nSPS) is 20.0. The van der Waals surface area contributed by atoms with E-state index >= 15 is 0 Å². The SMILES string of the molecule is COc1ccc2c(c1)C(C)(Cc1ccccc1)C(/C=C/C=C/C=C1/N(CCC(=O)O)c3ccc(OC)cc3C1(C)Cc1ccccc1)=[N+]2CCC(=O)O. The van der Waals surface area contributed by atoms with Crippen molar-refractivity contribution in [3.63, 3.8) is 0 Å². The van der Waals surface area contributed by atoms with Crippen LogP contribution in [0.4, 0.5) is 11.4 Å². The van der Waals surface area contributed by atoms with E-state index < -0.39 is 22.8 Å². The molecule has 0 saturated carbocycles. The molecule has 4 aromatic carbocycles. The number of anilines is 1. The van der Waals surface area contributed by atoms with Gasteiger partial charge in [-0.3, -0.25) is 9.59 Å². The molecule has 0 aliphatic carbocycles. The van der Waals surface area contributed by atoms with Crippen molar-refractivity contribution in [2.75, 3.05) is 32.2 Å². The predicted molar refractivity (Wildman–Crippen MR) is 209 cm³/mol. The lowest BCUT2D eigenvalue weighted by Crippen LogP contribution is -2.34. The largest absolute Gasteiger partial charge is 0.497 e. The smallest absolute Gasteiger partial charge is 0.309 e. The van der Waals surface area contributed by atoms with Crippen molar-refractivity contribution in [1.29, 1.82) is 0 Å². The molecule has 0 bridgehead atoms. The van der Waals surface area contributed by atoms with Gasteiger partial charge in [0.25, 0.3) is 0 Å². The van der Waals surface area contributed by atoms with Crippen LogP contribution in [0.3, 0.4) is 0 Å². The number of rotatable bonds is 15. The van der Waals surface area contributed by atoms with Crippen molar-refractivity contribution in [3.8, 4) is 11.5 Å². The maximum atomic E-state index is 11.8. The zero-order chi connectivity index (χ0) is 37.6. The molecule has 0 amide bonds. The standard InChI is InChI=1S/C45H46N2O6/c1-44(30-32-14-8-5-9-15-32)36-28-34(52-3)20-22-38(36)46(26-24-42(48)49)40(44)18-12-7-13-19-41-45(2,31-33-16-10-6-11-17-33)37-29-35(53-4)21-23-39(37)47(41)27-25-43(50)51/h5-23,28-29H,24-27,30-31H2,1-4H3,(H-,48,49,50,51)/p+1. The van der Waals surface area contributed by atoms with E-state index in [4.69, 9.17) is 9.47 Å². The highest BCUT2D eigenvalue weighted by Gasteiger charge is 2.48. The summed E-state index contributed by atoms with van der Waals surface area (Å²) in [4.78, 5) is 25.8. The van der Waals surface area contributed by atoms with Gasteiger partial charge >= 0.3 is 11.9 Å². The second kappa shape index (κ2) is 15.8. The van der Waals surface area contributed by atoms with Gasteiger partial charge in [0.1, 0.15) is 17.9 Å². The molecule has 0 radical (unpaired) electrons. The first-order chi connectivity index (χ1) is 25.6. The van der Waals surface area contributed by atoms with Gasteiger partial charge in [-0.15, -0.1) is 0 Å². The third kappa shape index (κ3) is 7.68. The number of nitrogens with zero attached hydrogens (tertiary/aromatic N) is 2. The van der Waals surface area contributed by atoms with Crippen molar-refractivity contribution < 1.29 is 33.9 Å². The zero-order valence-electron chi connectivity index (χ0n) is 30.8. The molecular formula is C45H47N2O6+. The summed E-state index contributed by atoms with van der Waals surface area (Å²) >= 11 is 0. The van der Waals surface area contributed by atoms with Crippen LogP contribution in [0.5, 0.6) is 11.5 Å². The highest BCUT2D eigenvalue weighted by atomic mass is 16.5. The van der Waals surface area contributed by atoms with Crippen molar-refractivity contribution in [2.45, 2.75) is 50.4 Å². The van der Waals surface area contributed by atoms with Crippen molar-refractivity contribution in [2.24, 2.45) is 0 Å². The first-order valence-corrected chi connectivity index (χ1v) is 17.9. The van der Waals surface area contributed by atoms with E-state index in [0.717, 1.165) is 45.4 Å². The van der Waals surface area contributed by atoms with Crippen LogP contribution >= 0.6 is 0 Å². The molecule has 0 saturated heterocycles. The number of hydrogen-bond donors (Lipinski definition) is 2. The van der Waals surface area contributed by atoms with Crippen molar-refractivity contribution in [1.82, 2.24) is 0 Å². The van der Waals surface area contributed by atoms with E-state index in [-0.39, 0.29) is 12.8 Å². The van der Waals surface area contributed by atoms with E-state index in [0.29, 0.717) is 25.9 Å². The number of aliphatic carboxylic acids is 2. The van der Waals surface area contributed by atoms with E-state index in [1.807, 2.05) is 78.9 Å². The first kappa shape index (κ1) is 36.9. The average Bonchev–Trinajstić information content (AvgIpc) is 3.52. The molecule has 2 aliphatic rings. The molecule has 4 aromatic rings. The van der Waals surface area contributed by atoms with Gasteiger partial charge < -0.3 is 24.6 Å². The van der Waals surface area contributed by atoms with Crippen LogP contribution in [-0.4, -0.2) is 59.7 Å². The first-order valence-electron chi connectivity index (χ1n) is 17.9. The average molecular weight is 712 g/mol.